The van der Waals surface area contributed by atoms with Crippen LogP contribution in [-0.4, -0.2) is 62.3 Å². The number of methoxy groups -OCH3 is 2. The number of fused-ring (bicyclic) bond motifs is 3. The first-order valence-corrected chi connectivity index (χ1v) is 12.4. The van der Waals surface area contributed by atoms with Gasteiger partial charge in [0.05, 0.1) is 32.0 Å². The zero-order valence-electron chi connectivity index (χ0n) is 21.0. The van der Waals surface area contributed by atoms with Crippen molar-refractivity contribution in [1.82, 2.24) is 0 Å². The lowest BCUT2D eigenvalue weighted by molar-refractivity contribution is -0.125. The van der Waals surface area contributed by atoms with E-state index in [-0.39, 0.29) is 19.5 Å². The first-order valence-electron chi connectivity index (χ1n) is 12.4. The summed E-state index contributed by atoms with van der Waals surface area (Å²) in [6, 6.07) is 9.20. The fourth-order valence-electron chi connectivity index (χ4n) is 5.54. The van der Waals surface area contributed by atoms with Crippen LogP contribution in [0.3, 0.4) is 0 Å². The lowest BCUT2D eigenvalue weighted by Gasteiger charge is -2.33. The molecule has 2 aliphatic heterocycles. The van der Waals surface area contributed by atoms with Gasteiger partial charge in [0.15, 0.2) is 23.0 Å². The van der Waals surface area contributed by atoms with Gasteiger partial charge < -0.3 is 43.4 Å². The summed E-state index contributed by atoms with van der Waals surface area (Å²) in [5.74, 6) is 2.28. The molecule has 0 saturated heterocycles. The third kappa shape index (κ3) is 4.05. The Labute approximate surface area is 218 Å². The normalized spacial score (nSPS) is 21.8. The van der Waals surface area contributed by atoms with Gasteiger partial charge in [0.1, 0.15) is 25.3 Å². The van der Waals surface area contributed by atoms with Crippen molar-refractivity contribution in [3.8, 4) is 39.9 Å². The van der Waals surface area contributed by atoms with Gasteiger partial charge in [-0.1, -0.05) is 6.07 Å². The average molecular weight is 525 g/mol. The van der Waals surface area contributed by atoms with Crippen molar-refractivity contribution in [2.24, 2.45) is 0 Å². The van der Waals surface area contributed by atoms with Gasteiger partial charge in [-0.15, -0.1) is 0 Å². The number of rotatable bonds is 7. The summed E-state index contributed by atoms with van der Waals surface area (Å²) < 4.78 is 39.6. The summed E-state index contributed by atoms with van der Waals surface area (Å²) in [5.41, 5.74) is 2.47. The number of carbonyl (C=O) groups is 1. The average Bonchev–Trinajstić information content (AvgIpc) is 3.56. The monoisotopic (exact) mass is 524 g/mol. The Morgan fingerprint density at radius 2 is 1.71 bits per heavy atom. The van der Waals surface area contributed by atoms with Crippen molar-refractivity contribution in [3.05, 3.63) is 41.5 Å². The lowest BCUT2D eigenvalue weighted by Crippen LogP contribution is -2.40. The highest BCUT2D eigenvalue weighted by Gasteiger charge is 2.36. The summed E-state index contributed by atoms with van der Waals surface area (Å²) in [4.78, 5) is 13.2. The molecular formula is C28H28O10. The van der Waals surface area contributed by atoms with E-state index in [0.717, 1.165) is 10.9 Å². The first-order chi connectivity index (χ1) is 18.5. The zero-order chi connectivity index (χ0) is 26.4. The molecule has 10 heteroatoms. The number of carbonyl (C=O) groups excluding carboxylic acids is 1. The van der Waals surface area contributed by atoms with Crippen LogP contribution in [0.5, 0.6) is 28.7 Å². The SMILES string of the molecule is COc1cc2c(O[C@@H]3CC[C@H](OCO)[C@@H](O)C3)c3c(c(-c4ccc5c(c4)OCO5)c2cc1OC)C(=O)OC3. The predicted octanol–water partition coefficient (Wildman–Crippen LogP) is 3.55. The highest BCUT2D eigenvalue weighted by atomic mass is 16.7. The van der Waals surface area contributed by atoms with E-state index < -0.39 is 25.0 Å². The molecule has 1 saturated carbocycles. The fraction of sp³-hybridized carbons (Fsp3) is 0.393. The number of ether oxygens (including phenoxy) is 7. The van der Waals surface area contributed by atoms with Crippen molar-refractivity contribution in [2.75, 3.05) is 27.8 Å². The maximum absolute atomic E-state index is 13.2. The third-order valence-electron chi connectivity index (χ3n) is 7.36. The molecule has 1 aliphatic carbocycles. The molecule has 2 N–H and O–H groups in total. The summed E-state index contributed by atoms with van der Waals surface area (Å²) in [5, 5.41) is 21.1. The second kappa shape index (κ2) is 9.86. The lowest BCUT2D eigenvalue weighted by atomic mass is 9.88. The van der Waals surface area contributed by atoms with Crippen LogP contribution in [0.2, 0.25) is 0 Å². The highest BCUT2D eigenvalue weighted by Crippen LogP contribution is 2.49. The molecule has 6 rings (SSSR count). The van der Waals surface area contributed by atoms with Crippen LogP contribution in [0.1, 0.15) is 35.2 Å². The molecule has 200 valence electrons. The molecular weight excluding hydrogens is 496 g/mol. The van der Waals surface area contributed by atoms with Crippen LogP contribution in [-0.2, 0) is 16.1 Å². The second-order valence-corrected chi connectivity index (χ2v) is 9.41. The predicted molar refractivity (Wildman–Crippen MR) is 134 cm³/mol. The Morgan fingerprint density at radius 3 is 2.45 bits per heavy atom. The molecule has 0 bridgehead atoms. The topological polar surface area (TPSA) is 122 Å². The Kier molecular flexibility index (Phi) is 6.38. The molecule has 0 aromatic heterocycles. The number of cyclic esters (lactones) is 1. The van der Waals surface area contributed by atoms with E-state index in [1.54, 1.807) is 14.2 Å². The van der Waals surface area contributed by atoms with E-state index in [2.05, 4.69) is 0 Å². The summed E-state index contributed by atoms with van der Waals surface area (Å²) in [6.07, 6.45) is -0.146. The van der Waals surface area contributed by atoms with Crippen LogP contribution in [0.15, 0.2) is 30.3 Å². The number of aliphatic hydroxyl groups is 2. The van der Waals surface area contributed by atoms with E-state index in [4.69, 9.17) is 38.3 Å². The van der Waals surface area contributed by atoms with Crippen molar-refractivity contribution in [2.45, 2.75) is 44.2 Å². The fourth-order valence-corrected chi connectivity index (χ4v) is 5.54. The van der Waals surface area contributed by atoms with Crippen LogP contribution < -0.4 is 23.7 Å². The van der Waals surface area contributed by atoms with Gasteiger partial charge in [0.25, 0.3) is 0 Å². The number of esters is 1. The maximum Gasteiger partial charge on any atom is 0.339 e. The van der Waals surface area contributed by atoms with Gasteiger partial charge in [-0.05, 0) is 48.1 Å². The Hall–Kier alpha value is -3.73. The van der Waals surface area contributed by atoms with Crippen LogP contribution in [0, 0.1) is 0 Å². The summed E-state index contributed by atoms with van der Waals surface area (Å²) >= 11 is 0. The van der Waals surface area contributed by atoms with E-state index in [1.165, 1.54) is 0 Å². The van der Waals surface area contributed by atoms with Crippen molar-refractivity contribution < 1.29 is 48.2 Å². The molecule has 0 amide bonds. The van der Waals surface area contributed by atoms with Crippen molar-refractivity contribution in [1.29, 1.82) is 0 Å². The van der Waals surface area contributed by atoms with Gasteiger partial charge in [-0.2, -0.15) is 0 Å². The standard InChI is InChI=1S/C28H28O10/c1-32-22-9-16-17(10-23(22)33-2)27(38-15-4-6-20(35-12-29)19(30)8-15)18-11-34-28(31)26(18)25(16)14-3-5-21-24(7-14)37-13-36-21/h3,5,7,9-10,15,19-20,29-30H,4,6,8,11-13H2,1-2H3/t15-,19+,20+/m1/s1. The molecule has 2 heterocycles. The van der Waals surface area contributed by atoms with Crippen LogP contribution >= 0.6 is 0 Å². The molecule has 0 spiro atoms. The largest absolute Gasteiger partial charge is 0.493 e. The quantitative estimate of drug-likeness (QED) is 0.350. The minimum absolute atomic E-state index is 0.0524. The Bertz CT molecular complexity index is 1400. The zero-order valence-corrected chi connectivity index (χ0v) is 21.0. The van der Waals surface area contributed by atoms with Crippen LogP contribution in [0.4, 0.5) is 0 Å². The second-order valence-electron chi connectivity index (χ2n) is 9.41. The minimum atomic E-state index is -0.791. The number of hydrogen-bond donors (Lipinski definition) is 2. The maximum atomic E-state index is 13.2. The van der Waals surface area contributed by atoms with Gasteiger partial charge >= 0.3 is 5.97 Å². The van der Waals surface area contributed by atoms with Gasteiger partial charge in [0.2, 0.25) is 6.79 Å². The van der Waals surface area contributed by atoms with Gasteiger partial charge in [-0.25, -0.2) is 4.79 Å². The van der Waals surface area contributed by atoms with E-state index >= 15 is 0 Å². The molecule has 3 atom stereocenters. The third-order valence-corrected chi connectivity index (χ3v) is 7.36. The number of benzene rings is 3. The van der Waals surface area contributed by atoms with Crippen molar-refractivity contribution >= 4 is 16.7 Å². The van der Waals surface area contributed by atoms with E-state index in [9.17, 15) is 9.90 Å². The highest BCUT2D eigenvalue weighted by molar-refractivity contribution is 6.14. The first kappa shape index (κ1) is 24.6. The Morgan fingerprint density at radius 1 is 0.947 bits per heavy atom. The minimum Gasteiger partial charge on any atom is -0.493 e. The number of hydrogen-bond acceptors (Lipinski definition) is 10. The van der Waals surface area contributed by atoms with Gasteiger partial charge in [-0.3, -0.25) is 0 Å². The van der Waals surface area contributed by atoms with E-state index in [0.29, 0.717) is 70.1 Å². The van der Waals surface area contributed by atoms with E-state index in [1.807, 2.05) is 30.3 Å². The Balaban J connectivity index is 1.54. The van der Waals surface area contributed by atoms with Crippen LogP contribution in [0.25, 0.3) is 21.9 Å². The van der Waals surface area contributed by atoms with Gasteiger partial charge in [0, 0.05) is 22.9 Å². The van der Waals surface area contributed by atoms with Crippen molar-refractivity contribution in [3.63, 3.8) is 0 Å². The summed E-state index contributed by atoms with van der Waals surface area (Å²) in [6.45, 7) is -0.264. The smallest absolute Gasteiger partial charge is 0.339 e. The molecule has 3 aliphatic rings. The molecule has 1 fully saturated rings. The molecule has 10 nitrogen and oxygen atoms in total. The molecule has 3 aromatic carbocycles. The number of aliphatic hydroxyl groups excluding tert-OH is 2. The summed E-state index contributed by atoms with van der Waals surface area (Å²) in [7, 11) is 3.11. The molecule has 0 radical (unpaired) electrons. The molecule has 0 unspecified atom stereocenters. The molecule has 38 heavy (non-hydrogen) atoms. The molecule has 3 aromatic rings.